The Balaban J connectivity index is 1.54. The highest BCUT2D eigenvalue weighted by molar-refractivity contribution is 7.89. The van der Waals surface area contributed by atoms with Crippen molar-refractivity contribution in [2.75, 3.05) is 30.5 Å². The molecule has 2 aromatic carbocycles. The SMILES string of the molecule is C[S+]([O-])Cc1cc(N)cc(OCCCCNc2cc(F)ccc2-c2nc(Cl)ncc2F)c1. The first kappa shape index (κ1) is 24.0. The van der Waals surface area contributed by atoms with E-state index in [9.17, 15) is 13.3 Å². The number of nitrogens with two attached hydrogens (primary N) is 1. The van der Waals surface area contributed by atoms with Gasteiger partial charge in [0.15, 0.2) is 5.82 Å². The first-order valence-electron chi connectivity index (χ1n) is 9.86. The average molecular weight is 481 g/mol. The lowest BCUT2D eigenvalue weighted by atomic mass is 10.1. The fourth-order valence-electron chi connectivity index (χ4n) is 3.13. The Kier molecular flexibility index (Phi) is 8.49. The fraction of sp³-hybridized carbons (Fsp3) is 0.273. The Morgan fingerprint density at radius 1 is 1.19 bits per heavy atom. The van der Waals surface area contributed by atoms with E-state index in [1.807, 2.05) is 6.07 Å². The minimum absolute atomic E-state index is 0.00122. The zero-order valence-corrected chi connectivity index (χ0v) is 19.0. The number of hydrogen-bond donors (Lipinski definition) is 2. The smallest absolute Gasteiger partial charge is 0.223 e. The van der Waals surface area contributed by atoms with Gasteiger partial charge in [0.05, 0.1) is 19.1 Å². The number of nitrogens with zero attached hydrogens (tertiary/aromatic N) is 2. The highest BCUT2D eigenvalue weighted by Gasteiger charge is 2.14. The minimum atomic E-state index is -0.967. The van der Waals surface area contributed by atoms with E-state index in [-0.39, 0.29) is 11.0 Å². The molecule has 0 aliphatic rings. The zero-order valence-electron chi connectivity index (χ0n) is 17.4. The molecule has 0 fully saturated rings. The van der Waals surface area contributed by atoms with Crippen LogP contribution in [-0.4, -0.2) is 33.9 Å². The first-order chi connectivity index (χ1) is 15.3. The molecule has 0 aliphatic carbocycles. The third-order valence-corrected chi connectivity index (χ3v) is 5.39. The van der Waals surface area contributed by atoms with Gasteiger partial charge in [-0.25, -0.2) is 18.7 Å². The first-order valence-corrected chi connectivity index (χ1v) is 12.0. The Bertz CT molecular complexity index is 1070. The van der Waals surface area contributed by atoms with Gasteiger partial charge in [0.1, 0.15) is 23.0 Å². The molecule has 0 saturated carbocycles. The van der Waals surface area contributed by atoms with E-state index in [0.29, 0.717) is 41.6 Å². The van der Waals surface area contributed by atoms with E-state index in [2.05, 4.69) is 15.3 Å². The average Bonchev–Trinajstić information content (AvgIpc) is 2.72. The van der Waals surface area contributed by atoms with E-state index in [1.165, 1.54) is 18.2 Å². The number of hydrogen-bond acceptors (Lipinski definition) is 6. The number of aromatic nitrogens is 2. The molecule has 0 spiro atoms. The molecule has 1 atom stereocenters. The molecule has 10 heteroatoms. The van der Waals surface area contributed by atoms with Gasteiger partial charge < -0.3 is 20.3 Å². The maximum Gasteiger partial charge on any atom is 0.223 e. The van der Waals surface area contributed by atoms with Crippen molar-refractivity contribution in [2.45, 2.75) is 18.6 Å². The zero-order chi connectivity index (χ0) is 23.1. The summed E-state index contributed by atoms with van der Waals surface area (Å²) in [5, 5.41) is 3.02. The predicted molar refractivity (Wildman–Crippen MR) is 124 cm³/mol. The maximum atomic E-state index is 14.2. The van der Waals surface area contributed by atoms with Crippen molar-refractivity contribution in [1.29, 1.82) is 0 Å². The Hall–Kier alpha value is -2.62. The largest absolute Gasteiger partial charge is 0.616 e. The normalized spacial score (nSPS) is 11.9. The Morgan fingerprint density at radius 3 is 2.78 bits per heavy atom. The molecule has 0 radical (unpaired) electrons. The molecule has 3 rings (SSSR count). The van der Waals surface area contributed by atoms with Crippen LogP contribution >= 0.6 is 11.6 Å². The second kappa shape index (κ2) is 11.3. The standard InChI is InChI=1S/C22H23ClF2N4O2S/c1-32(30)13-14-8-16(26)11-17(9-14)31-7-3-2-6-27-20-10-15(24)4-5-18(20)21-19(25)12-28-22(23)29-21/h4-5,8-12,27H,2-3,6-7,13,26H2,1H3. The topological polar surface area (TPSA) is 96.1 Å². The van der Waals surface area contributed by atoms with E-state index < -0.39 is 22.8 Å². The molecule has 32 heavy (non-hydrogen) atoms. The van der Waals surface area contributed by atoms with Crippen LogP contribution in [0.15, 0.2) is 42.6 Å². The molecule has 1 aromatic heterocycles. The highest BCUT2D eigenvalue weighted by Crippen LogP contribution is 2.30. The number of halogens is 3. The van der Waals surface area contributed by atoms with Crippen molar-refractivity contribution < 1.29 is 18.1 Å². The molecule has 1 unspecified atom stereocenters. The summed E-state index contributed by atoms with van der Waals surface area (Å²) in [5.41, 5.74) is 8.10. The maximum absolute atomic E-state index is 14.2. The fourth-order valence-corrected chi connectivity index (χ4v) is 3.90. The summed E-state index contributed by atoms with van der Waals surface area (Å²) < 4.78 is 45.1. The number of rotatable bonds is 10. The van der Waals surface area contributed by atoms with Crippen LogP contribution in [-0.2, 0) is 16.9 Å². The van der Waals surface area contributed by atoms with Gasteiger partial charge >= 0.3 is 0 Å². The summed E-state index contributed by atoms with van der Waals surface area (Å²) in [6.45, 7) is 0.961. The van der Waals surface area contributed by atoms with E-state index in [4.69, 9.17) is 22.1 Å². The van der Waals surface area contributed by atoms with E-state index in [0.717, 1.165) is 24.6 Å². The number of unbranched alkanes of at least 4 members (excludes halogenated alkanes) is 1. The molecule has 1 heterocycles. The van der Waals surface area contributed by atoms with Crippen LogP contribution in [0.1, 0.15) is 18.4 Å². The number of benzene rings is 2. The van der Waals surface area contributed by atoms with Crippen LogP contribution in [0.2, 0.25) is 5.28 Å². The van der Waals surface area contributed by atoms with Gasteiger partial charge in [0, 0.05) is 35.1 Å². The van der Waals surface area contributed by atoms with Gasteiger partial charge in [-0.05, 0) is 54.8 Å². The van der Waals surface area contributed by atoms with Gasteiger partial charge in [-0.3, -0.25) is 0 Å². The summed E-state index contributed by atoms with van der Waals surface area (Å²) in [6.07, 6.45) is 4.05. The van der Waals surface area contributed by atoms with Crippen molar-refractivity contribution in [3.05, 3.63) is 65.1 Å². The quantitative estimate of drug-likeness (QED) is 0.187. The van der Waals surface area contributed by atoms with Crippen LogP contribution in [0.4, 0.5) is 20.2 Å². The van der Waals surface area contributed by atoms with Crippen LogP contribution in [0.3, 0.4) is 0 Å². The van der Waals surface area contributed by atoms with Crippen molar-refractivity contribution in [3.63, 3.8) is 0 Å². The summed E-state index contributed by atoms with van der Waals surface area (Å²) in [4.78, 5) is 7.53. The van der Waals surface area contributed by atoms with Crippen molar-refractivity contribution >= 4 is 34.2 Å². The summed E-state index contributed by atoms with van der Waals surface area (Å²) in [6, 6.07) is 9.30. The third kappa shape index (κ3) is 6.94. The minimum Gasteiger partial charge on any atom is -0.616 e. The van der Waals surface area contributed by atoms with E-state index in [1.54, 1.807) is 18.4 Å². The number of nitrogen functional groups attached to an aromatic ring is 1. The molecule has 3 N–H and O–H groups in total. The van der Waals surface area contributed by atoms with Crippen LogP contribution in [0.5, 0.6) is 5.75 Å². The molecule has 6 nitrogen and oxygen atoms in total. The molecule has 170 valence electrons. The number of anilines is 2. The second-order valence-corrected chi connectivity index (χ2v) is 8.91. The second-order valence-electron chi connectivity index (χ2n) is 7.14. The van der Waals surface area contributed by atoms with Crippen LogP contribution in [0, 0.1) is 11.6 Å². The summed E-state index contributed by atoms with van der Waals surface area (Å²) >= 11 is 4.82. The van der Waals surface area contributed by atoms with E-state index >= 15 is 0 Å². The molecule has 0 bridgehead atoms. The lowest BCUT2D eigenvalue weighted by molar-refractivity contribution is 0.308. The van der Waals surface area contributed by atoms with Crippen molar-refractivity contribution in [2.24, 2.45) is 0 Å². The molecule has 0 saturated heterocycles. The van der Waals surface area contributed by atoms with Crippen LogP contribution < -0.4 is 15.8 Å². The van der Waals surface area contributed by atoms with Gasteiger partial charge in [0.2, 0.25) is 5.28 Å². The van der Waals surface area contributed by atoms with Gasteiger partial charge in [-0.2, -0.15) is 0 Å². The molecule has 3 aromatic rings. The van der Waals surface area contributed by atoms with Crippen molar-refractivity contribution in [3.8, 4) is 17.0 Å². The van der Waals surface area contributed by atoms with Gasteiger partial charge in [0.25, 0.3) is 0 Å². The molecule has 0 aliphatic heterocycles. The van der Waals surface area contributed by atoms with Crippen molar-refractivity contribution in [1.82, 2.24) is 9.97 Å². The molecular formula is C22H23ClF2N4O2S. The summed E-state index contributed by atoms with van der Waals surface area (Å²) in [7, 11) is 0. The lowest BCUT2D eigenvalue weighted by Gasteiger charge is -2.13. The molecule has 0 amide bonds. The van der Waals surface area contributed by atoms with Crippen LogP contribution in [0.25, 0.3) is 11.3 Å². The Morgan fingerprint density at radius 2 is 2.00 bits per heavy atom. The van der Waals surface area contributed by atoms with Gasteiger partial charge in [-0.1, -0.05) is 11.2 Å². The third-order valence-electron chi connectivity index (χ3n) is 4.47. The molecular weight excluding hydrogens is 458 g/mol. The summed E-state index contributed by atoms with van der Waals surface area (Å²) in [5.74, 6) is -0.0576. The predicted octanol–water partition coefficient (Wildman–Crippen LogP) is 4.81. The number of nitrogens with one attached hydrogen (secondary N) is 1. The van der Waals surface area contributed by atoms with Gasteiger partial charge in [-0.15, -0.1) is 0 Å². The number of ether oxygens (including phenoxy) is 1. The lowest BCUT2D eigenvalue weighted by Crippen LogP contribution is -2.07. The Labute approximate surface area is 193 Å². The monoisotopic (exact) mass is 480 g/mol. The highest BCUT2D eigenvalue weighted by atomic mass is 35.5.